The van der Waals surface area contributed by atoms with E-state index in [-0.39, 0.29) is 25.4 Å². The zero-order chi connectivity index (χ0) is 17.0. The van der Waals surface area contributed by atoms with Crippen molar-refractivity contribution in [2.24, 2.45) is 0 Å². The van der Waals surface area contributed by atoms with Crippen molar-refractivity contribution in [2.75, 3.05) is 32.6 Å². The molecule has 2 N–H and O–H groups in total. The van der Waals surface area contributed by atoms with Gasteiger partial charge in [0, 0.05) is 18.0 Å². The first kappa shape index (κ1) is 17.5. The average molecular weight is 343 g/mol. The maximum absolute atomic E-state index is 12.2. The van der Waals surface area contributed by atoms with Crippen LogP contribution in [-0.4, -0.2) is 61.3 Å². The fraction of sp³-hybridized carbons (Fsp3) is 0.467. The highest BCUT2D eigenvalue weighted by Gasteiger charge is 2.37. The Labute approximate surface area is 139 Å². The summed E-state index contributed by atoms with van der Waals surface area (Å²) in [5.41, 5.74) is 0.444. The number of anilines is 1. The summed E-state index contributed by atoms with van der Waals surface area (Å²) < 4.78 is 9.87. The minimum absolute atomic E-state index is 0.0491. The Bertz CT molecular complexity index is 595. The monoisotopic (exact) mass is 342 g/mol. The molecule has 1 saturated heterocycles. The van der Waals surface area contributed by atoms with E-state index in [1.54, 1.807) is 23.1 Å². The third-order valence-corrected chi connectivity index (χ3v) is 3.87. The summed E-state index contributed by atoms with van der Waals surface area (Å²) in [4.78, 5) is 25.5. The van der Waals surface area contributed by atoms with Gasteiger partial charge in [0.05, 0.1) is 32.6 Å². The van der Waals surface area contributed by atoms with Gasteiger partial charge in [-0.1, -0.05) is 11.6 Å². The van der Waals surface area contributed by atoms with Crippen LogP contribution >= 0.6 is 11.6 Å². The van der Waals surface area contributed by atoms with E-state index < -0.39 is 18.1 Å². The first-order valence-corrected chi connectivity index (χ1v) is 7.45. The molecule has 8 heteroatoms. The van der Waals surface area contributed by atoms with Gasteiger partial charge in [0.1, 0.15) is 11.8 Å². The Hall–Kier alpha value is -1.83. The van der Waals surface area contributed by atoms with Gasteiger partial charge in [-0.05, 0) is 18.2 Å². The number of carbonyl (C=O) groups is 2. The topological polar surface area (TPSA) is 88.1 Å². The van der Waals surface area contributed by atoms with Gasteiger partial charge in [0.2, 0.25) is 5.91 Å². The fourth-order valence-electron chi connectivity index (χ4n) is 2.59. The highest BCUT2D eigenvalue weighted by molar-refractivity contribution is 6.31. The van der Waals surface area contributed by atoms with Gasteiger partial charge in [-0.15, -0.1) is 0 Å². The number of halogens is 1. The second-order valence-electron chi connectivity index (χ2n) is 5.25. The van der Waals surface area contributed by atoms with Crippen molar-refractivity contribution in [1.29, 1.82) is 0 Å². The second kappa shape index (κ2) is 7.63. The first-order chi connectivity index (χ1) is 10.9. The molecule has 2 atom stereocenters. The Balaban J connectivity index is 2.04. The van der Waals surface area contributed by atoms with Crippen molar-refractivity contribution in [1.82, 2.24) is 4.90 Å². The molecule has 0 unspecified atom stereocenters. The van der Waals surface area contributed by atoms with E-state index in [4.69, 9.17) is 21.1 Å². The van der Waals surface area contributed by atoms with Crippen LogP contribution in [0.25, 0.3) is 0 Å². The van der Waals surface area contributed by atoms with Crippen LogP contribution in [0.5, 0.6) is 5.75 Å². The number of nitrogens with zero attached hydrogens (tertiary/aromatic N) is 1. The van der Waals surface area contributed by atoms with Crippen molar-refractivity contribution < 1.29 is 24.2 Å². The number of hydrogen-bond donors (Lipinski definition) is 2. The quantitative estimate of drug-likeness (QED) is 0.773. The fourth-order valence-corrected chi connectivity index (χ4v) is 2.76. The lowest BCUT2D eigenvalue weighted by Gasteiger charge is -2.21. The summed E-state index contributed by atoms with van der Waals surface area (Å²) in [6, 6.07) is 4.26. The van der Waals surface area contributed by atoms with Crippen molar-refractivity contribution >= 4 is 29.2 Å². The van der Waals surface area contributed by atoms with Gasteiger partial charge < -0.3 is 19.9 Å². The predicted octanol–water partition coefficient (Wildman–Crippen LogP) is 0.895. The normalized spacial score (nSPS) is 21.0. The maximum atomic E-state index is 12.2. The molecule has 0 aliphatic carbocycles. The van der Waals surface area contributed by atoms with E-state index in [9.17, 15) is 14.7 Å². The van der Waals surface area contributed by atoms with Crippen LogP contribution < -0.4 is 10.1 Å². The Morgan fingerprint density at radius 3 is 2.83 bits per heavy atom. The number of methoxy groups -OCH3 is 2. The predicted molar refractivity (Wildman–Crippen MR) is 84.6 cm³/mol. The smallest absolute Gasteiger partial charge is 0.323 e. The van der Waals surface area contributed by atoms with Gasteiger partial charge >= 0.3 is 5.97 Å². The number of amides is 1. The van der Waals surface area contributed by atoms with E-state index in [1.165, 1.54) is 14.2 Å². The molecule has 1 heterocycles. The van der Waals surface area contributed by atoms with Gasteiger partial charge in [-0.3, -0.25) is 14.5 Å². The molecular weight excluding hydrogens is 324 g/mol. The Morgan fingerprint density at radius 2 is 2.17 bits per heavy atom. The SMILES string of the molecule is COC(=O)[C@@H]1C[C@@H](O)CN1CC(=O)Nc1cc(Cl)ccc1OC. The summed E-state index contributed by atoms with van der Waals surface area (Å²) >= 11 is 5.92. The number of likely N-dealkylation sites (tertiary alicyclic amines) is 1. The number of hydrogen-bond acceptors (Lipinski definition) is 6. The summed E-state index contributed by atoms with van der Waals surface area (Å²) in [7, 11) is 2.77. The van der Waals surface area contributed by atoms with Crippen LogP contribution in [0, 0.1) is 0 Å². The molecule has 1 aliphatic rings. The van der Waals surface area contributed by atoms with Crippen molar-refractivity contribution in [3.8, 4) is 5.75 Å². The average Bonchev–Trinajstić information content (AvgIpc) is 2.87. The van der Waals surface area contributed by atoms with Crippen LogP contribution in [-0.2, 0) is 14.3 Å². The number of aliphatic hydroxyl groups excluding tert-OH is 1. The maximum Gasteiger partial charge on any atom is 0.323 e. The molecule has 7 nitrogen and oxygen atoms in total. The lowest BCUT2D eigenvalue weighted by atomic mass is 10.2. The zero-order valence-electron chi connectivity index (χ0n) is 12.9. The molecule has 1 aromatic carbocycles. The summed E-state index contributed by atoms with van der Waals surface area (Å²) in [6.45, 7) is 0.187. The van der Waals surface area contributed by atoms with Crippen LogP contribution in [0.4, 0.5) is 5.69 Å². The van der Waals surface area contributed by atoms with Crippen LogP contribution in [0.3, 0.4) is 0 Å². The highest BCUT2D eigenvalue weighted by atomic mass is 35.5. The van der Waals surface area contributed by atoms with Gasteiger partial charge in [-0.2, -0.15) is 0 Å². The van der Waals surface area contributed by atoms with Crippen LogP contribution in [0.1, 0.15) is 6.42 Å². The number of aliphatic hydroxyl groups is 1. The van der Waals surface area contributed by atoms with Crippen LogP contribution in [0.15, 0.2) is 18.2 Å². The molecule has 126 valence electrons. The van der Waals surface area contributed by atoms with Crippen molar-refractivity contribution in [3.05, 3.63) is 23.2 Å². The number of ether oxygens (including phenoxy) is 2. The van der Waals surface area contributed by atoms with Crippen molar-refractivity contribution in [3.63, 3.8) is 0 Å². The molecule has 1 aromatic rings. The Kier molecular flexibility index (Phi) is 5.81. The van der Waals surface area contributed by atoms with Crippen LogP contribution in [0.2, 0.25) is 5.02 Å². The molecule has 1 fully saturated rings. The molecule has 23 heavy (non-hydrogen) atoms. The third-order valence-electron chi connectivity index (χ3n) is 3.64. The summed E-state index contributed by atoms with van der Waals surface area (Å²) in [5, 5.41) is 12.9. The molecule has 0 aromatic heterocycles. The van der Waals surface area contributed by atoms with E-state index in [0.717, 1.165) is 0 Å². The molecule has 2 rings (SSSR count). The van der Waals surface area contributed by atoms with E-state index in [2.05, 4.69) is 5.32 Å². The van der Waals surface area contributed by atoms with E-state index >= 15 is 0 Å². The second-order valence-corrected chi connectivity index (χ2v) is 5.69. The number of carbonyl (C=O) groups excluding carboxylic acids is 2. The number of esters is 1. The minimum Gasteiger partial charge on any atom is -0.495 e. The standard InChI is InChI=1S/C15H19ClN2O5/c1-22-13-4-3-9(16)5-11(13)17-14(20)8-18-7-10(19)6-12(18)15(21)23-2/h3-5,10,12,19H,6-8H2,1-2H3,(H,17,20)/t10-,12+/m1/s1. The zero-order valence-corrected chi connectivity index (χ0v) is 13.7. The summed E-state index contributed by atoms with van der Waals surface area (Å²) in [5.74, 6) is -0.322. The first-order valence-electron chi connectivity index (χ1n) is 7.08. The molecule has 0 spiro atoms. The van der Waals surface area contributed by atoms with E-state index in [1.807, 2.05) is 0 Å². The lowest BCUT2D eigenvalue weighted by molar-refractivity contribution is -0.146. The molecule has 0 bridgehead atoms. The molecule has 1 amide bonds. The van der Waals surface area contributed by atoms with Crippen molar-refractivity contribution in [2.45, 2.75) is 18.6 Å². The van der Waals surface area contributed by atoms with E-state index in [0.29, 0.717) is 16.5 Å². The van der Waals surface area contributed by atoms with Gasteiger partial charge in [0.25, 0.3) is 0 Å². The van der Waals surface area contributed by atoms with Gasteiger partial charge in [-0.25, -0.2) is 0 Å². The highest BCUT2D eigenvalue weighted by Crippen LogP contribution is 2.28. The molecular formula is C15H19ClN2O5. The largest absolute Gasteiger partial charge is 0.495 e. The number of benzene rings is 1. The molecule has 1 aliphatic heterocycles. The lowest BCUT2D eigenvalue weighted by Crippen LogP contribution is -2.41. The number of rotatable bonds is 5. The van der Waals surface area contributed by atoms with Gasteiger partial charge in [0.15, 0.2) is 0 Å². The number of nitrogens with one attached hydrogen (secondary N) is 1. The minimum atomic E-state index is -0.660. The molecule has 0 saturated carbocycles. The Morgan fingerprint density at radius 1 is 1.43 bits per heavy atom. The summed E-state index contributed by atoms with van der Waals surface area (Å²) in [6.07, 6.45) is -0.409. The number of β-amino-alcohol motifs (C(OH)–C–C–N with tert-alkyl or cyclic N) is 1. The third kappa shape index (κ3) is 4.34. The molecule has 0 radical (unpaired) electrons.